The number of β-amino-alcohol motifs (C(OH)–C–C–N with tert-alkyl or cyclic N) is 1. The van der Waals surface area contributed by atoms with Gasteiger partial charge in [0.15, 0.2) is 0 Å². The highest BCUT2D eigenvalue weighted by molar-refractivity contribution is 5.82. The van der Waals surface area contributed by atoms with Crippen molar-refractivity contribution in [3.63, 3.8) is 0 Å². The van der Waals surface area contributed by atoms with Gasteiger partial charge in [-0.05, 0) is 22.3 Å². The van der Waals surface area contributed by atoms with Gasteiger partial charge in [-0.1, -0.05) is 48.5 Å². The number of carbonyl (C=O) groups is 2. The molecular formula is C21H21NO5. The van der Waals surface area contributed by atoms with Gasteiger partial charge in [0.1, 0.15) is 12.6 Å². The molecule has 0 aromatic heterocycles. The van der Waals surface area contributed by atoms with Crippen molar-refractivity contribution in [3.05, 3.63) is 59.7 Å². The maximum absolute atomic E-state index is 12.6. The monoisotopic (exact) mass is 367 g/mol. The topological polar surface area (TPSA) is 76.1 Å². The fourth-order valence-corrected chi connectivity index (χ4v) is 4.05. The average Bonchev–Trinajstić information content (AvgIpc) is 3.24. The third-order valence-electron chi connectivity index (χ3n) is 5.32. The number of likely N-dealkylation sites (tertiary alicyclic amines) is 1. The van der Waals surface area contributed by atoms with Gasteiger partial charge >= 0.3 is 12.1 Å². The summed E-state index contributed by atoms with van der Waals surface area (Å²) in [7, 11) is 1.27. The molecule has 27 heavy (non-hydrogen) atoms. The van der Waals surface area contributed by atoms with Crippen molar-refractivity contribution in [3.8, 4) is 11.1 Å². The zero-order valence-corrected chi connectivity index (χ0v) is 15.0. The number of carbonyl (C=O) groups excluding carboxylic acids is 2. The molecule has 1 aliphatic heterocycles. The maximum Gasteiger partial charge on any atom is 0.410 e. The Balaban J connectivity index is 1.52. The third-order valence-corrected chi connectivity index (χ3v) is 5.32. The van der Waals surface area contributed by atoms with Crippen LogP contribution in [0, 0.1) is 0 Å². The molecule has 6 heteroatoms. The Kier molecular flexibility index (Phi) is 4.58. The molecule has 0 unspecified atom stereocenters. The number of ether oxygens (including phenoxy) is 2. The second-order valence-corrected chi connectivity index (χ2v) is 6.88. The van der Waals surface area contributed by atoms with Crippen LogP contribution in [0.3, 0.4) is 0 Å². The van der Waals surface area contributed by atoms with Crippen molar-refractivity contribution in [2.75, 3.05) is 20.3 Å². The summed E-state index contributed by atoms with van der Waals surface area (Å²) in [4.78, 5) is 25.7. The Morgan fingerprint density at radius 2 is 1.67 bits per heavy atom. The van der Waals surface area contributed by atoms with Gasteiger partial charge in [0.25, 0.3) is 0 Å². The molecule has 1 saturated heterocycles. The van der Waals surface area contributed by atoms with Gasteiger partial charge in [0, 0.05) is 12.3 Å². The summed E-state index contributed by atoms with van der Waals surface area (Å²) in [5.74, 6) is -0.592. The quantitative estimate of drug-likeness (QED) is 0.844. The van der Waals surface area contributed by atoms with Gasteiger partial charge in [-0.25, -0.2) is 9.59 Å². The van der Waals surface area contributed by atoms with Crippen molar-refractivity contribution in [1.82, 2.24) is 4.90 Å². The molecule has 0 saturated carbocycles. The predicted molar refractivity (Wildman–Crippen MR) is 98.2 cm³/mol. The molecule has 0 spiro atoms. The number of nitrogens with zero attached hydrogens (tertiary/aromatic N) is 1. The van der Waals surface area contributed by atoms with E-state index in [-0.39, 0.29) is 25.5 Å². The molecule has 6 nitrogen and oxygen atoms in total. The van der Waals surface area contributed by atoms with Gasteiger partial charge in [0.2, 0.25) is 0 Å². The SMILES string of the molecule is COC(=O)[C@H]1C[C@@H](O)CN1C(=O)OCC1c2ccccc2-c2ccccc21. The molecule has 2 atom stereocenters. The molecule has 0 radical (unpaired) electrons. The zero-order valence-electron chi connectivity index (χ0n) is 15.0. The summed E-state index contributed by atoms with van der Waals surface area (Å²) in [6.45, 7) is 0.240. The lowest BCUT2D eigenvalue weighted by molar-refractivity contribution is -0.145. The number of aliphatic hydroxyl groups excluding tert-OH is 1. The van der Waals surface area contributed by atoms with Crippen LogP contribution < -0.4 is 0 Å². The van der Waals surface area contributed by atoms with Crippen LogP contribution in [-0.4, -0.2) is 54.5 Å². The van der Waals surface area contributed by atoms with Crippen molar-refractivity contribution in [2.45, 2.75) is 24.5 Å². The van der Waals surface area contributed by atoms with Crippen LogP contribution in [0.5, 0.6) is 0 Å². The number of aliphatic hydroxyl groups is 1. The number of rotatable bonds is 3. The van der Waals surface area contributed by atoms with Crippen LogP contribution in [-0.2, 0) is 14.3 Å². The second kappa shape index (κ2) is 7.04. The van der Waals surface area contributed by atoms with E-state index in [2.05, 4.69) is 12.1 Å². The Hall–Kier alpha value is -2.86. The summed E-state index contributed by atoms with van der Waals surface area (Å²) in [5.41, 5.74) is 4.55. The lowest BCUT2D eigenvalue weighted by Gasteiger charge is -2.23. The normalized spacial score (nSPS) is 20.9. The summed E-state index contributed by atoms with van der Waals surface area (Å²) in [6, 6.07) is 15.4. The first-order valence-electron chi connectivity index (χ1n) is 8.97. The standard InChI is InChI=1S/C21H21NO5/c1-26-20(24)19-10-13(23)11-22(19)21(25)27-12-18-16-8-4-2-6-14(16)15-7-3-5-9-17(15)18/h2-9,13,18-19,23H,10-12H2,1H3/t13-,19-/m1/s1. The highest BCUT2D eigenvalue weighted by Gasteiger charge is 2.41. The van der Waals surface area contributed by atoms with E-state index < -0.39 is 24.2 Å². The molecule has 2 aromatic rings. The van der Waals surface area contributed by atoms with E-state index in [4.69, 9.17) is 9.47 Å². The van der Waals surface area contributed by atoms with E-state index >= 15 is 0 Å². The fraction of sp³-hybridized carbons (Fsp3) is 0.333. The van der Waals surface area contributed by atoms with Gasteiger partial charge in [-0.3, -0.25) is 4.90 Å². The smallest absolute Gasteiger partial charge is 0.410 e. The number of methoxy groups -OCH3 is 1. The summed E-state index contributed by atoms with van der Waals surface area (Å²) in [6.07, 6.45) is -1.20. The average molecular weight is 367 g/mol. The molecule has 1 heterocycles. The summed E-state index contributed by atoms with van der Waals surface area (Å²) < 4.78 is 10.3. The van der Waals surface area contributed by atoms with Crippen LogP contribution >= 0.6 is 0 Å². The maximum atomic E-state index is 12.6. The molecule has 2 aliphatic rings. The Morgan fingerprint density at radius 1 is 1.07 bits per heavy atom. The van der Waals surface area contributed by atoms with Gasteiger partial charge in [-0.2, -0.15) is 0 Å². The summed E-state index contributed by atoms with van der Waals surface area (Å²) in [5, 5.41) is 9.85. The minimum absolute atomic E-state index is 0.0505. The first kappa shape index (κ1) is 17.5. The molecule has 1 amide bonds. The number of esters is 1. The van der Waals surface area contributed by atoms with Gasteiger partial charge < -0.3 is 14.6 Å². The number of amides is 1. The lowest BCUT2D eigenvalue weighted by atomic mass is 9.98. The number of hydrogen-bond donors (Lipinski definition) is 1. The van der Waals surface area contributed by atoms with Crippen molar-refractivity contribution < 1.29 is 24.2 Å². The van der Waals surface area contributed by atoms with Crippen LogP contribution in [0.2, 0.25) is 0 Å². The molecule has 1 aliphatic carbocycles. The van der Waals surface area contributed by atoms with Crippen molar-refractivity contribution in [2.24, 2.45) is 0 Å². The molecule has 0 bridgehead atoms. The lowest BCUT2D eigenvalue weighted by Crippen LogP contribution is -2.41. The number of hydrogen-bond acceptors (Lipinski definition) is 5. The van der Waals surface area contributed by atoms with E-state index in [0.717, 1.165) is 22.3 Å². The van der Waals surface area contributed by atoms with Crippen molar-refractivity contribution >= 4 is 12.1 Å². The highest BCUT2D eigenvalue weighted by atomic mass is 16.6. The van der Waals surface area contributed by atoms with E-state index in [0.29, 0.717) is 0 Å². The van der Waals surface area contributed by atoms with E-state index in [9.17, 15) is 14.7 Å². The zero-order chi connectivity index (χ0) is 19.0. The molecule has 1 fully saturated rings. The number of benzene rings is 2. The number of fused-ring (bicyclic) bond motifs is 3. The largest absolute Gasteiger partial charge is 0.467 e. The summed E-state index contributed by atoms with van der Waals surface area (Å²) >= 11 is 0. The molecular weight excluding hydrogens is 346 g/mol. The van der Waals surface area contributed by atoms with Gasteiger partial charge in [0.05, 0.1) is 19.8 Å². The van der Waals surface area contributed by atoms with Crippen LogP contribution in [0.4, 0.5) is 4.79 Å². The minimum Gasteiger partial charge on any atom is -0.467 e. The first-order valence-corrected chi connectivity index (χ1v) is 8.97. The Morgan fingerprint density at radius 3 is 2.26 bits per heavy atom. The van der Waals surface area contributed by atoms with E-state index in [1.54, 1.807) is 0 Å². The minimum atomic E-state index is -0.805. The van der Waals surface area contributed by atoms with Crippen LogP contribution in [0.1, 0.15) is 23.5 Å². The fourth-order valence-electron chi connectivity index (χ4n) is 4.05. The first-order chi connectivity index (χ1) is 13.1. The van der Waals surface area contributed by atoms with E-state index in [1.807, 2.05) is 36.4 Å². The van der Waals surface area contributed by atoms with E-state index in [1.165, 1.54) is 12.0 Å². The Bertz CT molecular complexity index is 835. The van der Waals surface area contributed by atoms with Gasteiger partial charge in [-0.15, -0.1) is 0 Å². The highest BCUT2D eigenvalue weighted by Crippen LogP contribution is 2.44. The predicted octanol–water partition coefficient (Wildman–Crippen LogP) is 2.54. The third kappa shape index (κ3) is 3.06. The van der Waals surface area contributed by atoms with Crippen LogP contribution in [0.15, 0.2) is 48.5 Å². The molecule has 2 aromatic carbocycles. The molecule has 140 valence electrons. The molecule has 4 rings (SSSR count). The van der Waals surface area contributed by atoms with Crippen LogP contribution in [0.25, 0.3) is 11.1 Å². The Labute approximate surface area is 157 Å². The second-order valence-electron chi connectivity index (χ2n) is 6.88. The molecule has 1 N–H and O–H groups in total. The van der Waals surface area contributed by atoms with Crippen molar-refractivity contribution in [1.29, 1.82) is 0 Å².